The van der Waals surface area contributed by atoms with Crippen molar-refractivity contribution in [2.24, 2.45) is 0 Å². The molecule has 3 nitrogen and oxygen atoms in total. The third kappa shape index (κ3) is 5.48. The maximum Gasteiger partial charge on any atom is 0.158 e. The van der Waals surface area contributed by atoms with E-state index in [4.69, 9.17) is 9.47 Å². The lowest BCUT2D eigenvalue weighted by atomic mass is 10.2. The number of hydrogen-bond donors (Lipinski definition) is 1. The molecule has 0 radical (unpaired) electrons. The molecule has 0 saturated heterocycles. The van der Waals surface area contributed by atoms with Gasteiger partial charge in [-0.25, -0.2) is 0 Å². The van der Waals surface area contributed by atoms with E-state index in [9.17, 15) is 0 Å². The van der Waals surface area contributed by atoms with E-state index in [0.717, 1.165) is 25.9 Å². The van der Waals surface area contributed by atoms with Gasteiger partial charge in [0.15, 0.2) is 6.29 Å². The predicted octanol–water partition coefficient (Wildman–Crippen LogP) is 3.19. The Labute approximate surface area is 114 Å². The number of ether oxygens (including phenoxy) is 2. The minimum Gasteiger partial charge on any atom is -0.353 e. The van der Waals surface area contributed by atoms with Gasteiger partial charge in [-0.05, 0) is 37.3 Å². The molecule has 104 valence electrons. The fourth-order valence-electron chi connectivity index (χ4n) is 1.85. The number of nitrogens with one attached hydrogen (secondary N) is 1. The van der Waals surface area contributed by atoms with E-state index < -0.39 is 0 Å². The first kappa shape index (κ1) is 15.6. The Bertz CT molecular complexity index is 308. The van der Waals surface area contributed by atoms with Crippen LogP contribution in [0.15, 0.2) is 11.4 Å². The van der Waals surface area contributed by atoms with E-state index in [1.54, 1.807) is 0 Å². The van der Waals surface area contributed by atoms with Crippen molar-refractivity contribution >= 4 is 11.3 Å². The van der Waals surface area contributed by atoms with Crippen LogP contribution in [-0.2, 0) is 22.4 Å². The first-order valence-electron chi connectivity index (χ1n) is 6.80. The monoisotopic (exact) mass is 271 g/mol. The fraction of sp³-hybridized carbons (Fsp3) is 0.714. The summed E-state index contributed by atoms with van der Waals surface area (Å²) in [6.45, 7) is 9.48. The summed E-state index contributed by atoms with van der Waals surface area (Å²) in [7, 11) is 0. The molecule has 0 bridgehead atoms. The van der Waals surface area contributed by atoms with Gasteiger partial charge < -0.3 is 14.8 Å². The van der Waals surface area contributed by atoms with Crippen LogP contribution in [0.25, 0.3) is 0 Å². The van der Waals surface area contributed by atoms with Crippen LogP contribution in [0.2, 0.25) is 0 Å². The summed E-state index contributed by atoms with van der Waals surface area (Å²) in [4.78, 5) is 1.45. The lowest BCUT2D eigenvalue weighted by Crippen LogP contribution is -2.24. The van der Waals surface area contributed by atoms with Crippen molar-refractivity contribution in [2.75, 3.05) is 19.8 Å². The lowest BCUT2D eigenvalue weighted by molar-refractivity contribution is -0.138. The molecule has 0 amide bonds. The highest BCUT2D eigenvalue weighted by atomic mass is 32.1. The smallest absolute Gasteiger partial charge is 0.158 e. The van der Waals surface area contributed by atoms with Crippen LogP contribution in [0.3, 0.4) is 0 Å². The topological polar surface area (TPSA) is 30.5 Å². The summed E-state index contributed by atoms with van der Waals surface area (Å²) in [5.74, 6) is 0. The molecule has 0 unspecified atom stereocenters. The first-order chi connectivity index (χ1) is 8.81. The SMILES string of the molecule is CCOC(CCNCc1sccc1CC)OCC. The molecule has 0 aromatic carbocycles. The van der Waals surface area contributed by atoms with Gasteiger partial charge in [0.1, 0.15) is 0 Å². The molecule has 0 saturated carbocycles. The van der Waals surface area contributed by atoms with Crippen molar-refractivity contribution in [3.8, 4) is 0 Å². The Kier molecular flexibility index (Phi) is 8.25. The fourth-order valence-corrected chi connectivity index (χ4v) is 2.79. The van der Waals surface area contributed by atoms with Crippen LogP contribution in [0.5, 0.6) is 0 Å². The Morgan fingerprint density at radius 3 is 2.56 bits per heavy atom. The number of thiophene rings is 1. The van der Waals surface area contributed by atoms with E-state index >= 15 is 0 Å². The number of hydrogen-bond acceptors (Lipinski definition) is 4. The Morgan fingerprint density at radius 1 is 1.22 bits per heavy atom. The molecule has 18 heavy (non-hydrogen) atoms. The molecule has 0 aliphatic carbocycles. The van der Waals surface area contributed by atoms with E-state index in [-0.39, 0.29) is 6.29 Å². The van der Waals surface area contributed by atoms with Crippen LogP contribution in [-0.4, -0.2) is 26.0 Å². The molecule has 0 spiro atoms. The summed E-state index contributed by atoms with van der Waals surface area (Å²) in [6.07, 6.45) is 1.94. The Hall–Kier alpha value is -0.420. The van der Waals surface area contributed by atoms with Gasteiger partial charge in [0, 0.05) is 37.6 Å². The molecule has 1 heterocycles. The minimum atomic E-state index is -0.0681. The average molecular weight is 271 g/mol. The van der Waals surface area contributed by atoms with Crippen LogP contribution in [0, 0.1) is 0 Å². The maximum atomic E-state index is 5.50. The molecule has 0 atom stereocenters. The largest absolute Gasteiger partial charge is 0.353 e. The van der Waals surface area contributed by atoms with E-state index in [2.05, 4.69) is 23.7 Å². The van der Waals surface area contributed by atoms with Gasteiger partial charge in [-0.3, -0.25) is 0 Å². The predicted molar refractivity (Wildman–Crippen MR) is 77.1 cm³/mol. The highest BCUT2D eigenvalue weighted by molar-refractivity contribution is 7.10. The van der Waals surface area contributed by atoms with Gasteiger partial charge in [-0.2, -0.15) is 0 Å². The van der Waals surface area contributed by atoms with Crippen molar-refractivity contribution in [3.63, 3.8) is 0 Å². The zero-order valence-corrected chi connectivity index (χ0v) is 12.5. The van der Waals surface area contributed by atoms with E-state index in [0.29, 0.717) is 13.2 Å². The zero-order valence-electron chi connectivity index (χ0n) is 11.7. The summed E-state index contributed by atoms with van der Waals surface area (Å²) >= 11 is 1.83. The normalized spacial score (nSPS) is 11.3. The van der Waals surface area contributed by atoms with Gasteiger partial charge in [0.25, 0.3) is 0 Å². The second-order valence-corrected chi connectivity index (χ2v) is 5.03. The summed E-state index contributed by atoms with van der Waals surface area (Å²) in [6, 6.07) is 2.21. The first-order valence-corrected chi connectivity index (χ1v) is 7.68. The van der Waals surface area contributed by atoms with Gasteiger partial charge in [-0.15, -0.1) is 11.3 Å². The quantitative estimate of drug-likeness (QED) is 0.524. The standard InChI is InChI=1S/C14H25NO2S/c1-4-12-8-10-18-13(12)11-15-9-7-14(16-5-2)17-6-3/h8,10,14-15H,4-7,9,11H2,1-3H3. The number of aryl methyl sites for hydroxylation is 1. The molecule has 1 aromatic heterocycles. The van der Waals surface area contributed by atoms with Crippen LogP contribution in [0.4, 0.5) is 0 Å². The van der Waals surface area contributed by atoms with Gasteiger partial charge in [0.05, 0.1) is 0 Å². The van der Waals surface area contributed by atoms with Gasteiger partial charge >= 0.3 is 0 Å². The summed E-state index contributed by atoms with van der Waals surface area (Å²) in [5, 5.41) is 5.63. The van der Waals surface area contributed by atoms with Gasteiger partial charge in [-0.1, -0.05) is 6.92 Å². The molecular formula is C14H25NO2S. The molecule has 0 aliphatic heterocycles. The van der Waals surface area contributed by atoms with Crippen molar-refractivity contribution in [3.05, 3.63) is 21.9 Å². The summed E-state index contributed by atoms with van der Waals surface area (Å²) < 4.78 is 11.0. The molecule has 1 aromatic rings. The molecule has 4 heteroatoms. The third-order valence-electron chi connectivity index (χ3n) is 2.77. The maximum absolute atomic E-state index is 5.50. The summed E-state index contributed by atoms with van der Waals surface area (Å²) in [5.41, 5.74) is 1.46. The molecular weight excluding hydrogens is 246 g/mol. The Balaban J connectivity index is 2.20. The molecule has 1 rings (SSSR count). The van der Waals surface area contributed by atoms with Crippen molar-refractivity contribution in [1.29, 1.82) is 0 Å². The van der Waals surface area contributed by atoms with Crippen molar-refractivity contribution < 1.29 is 9.47 Å². The second kappa shape index (κ2) is 9.50. The molecule has 0 aliphatic rings. The number of rotatable bonds is 10. The van der Waals surface area contributed by atoms with Crippen LogP contribution >= 0.6 is 11.3 Å². The van der Waals surface area contributed by atoms with Crippen molar-refractivity contribution in [2.45, 2.75) is 46.4 Å². The Morgan fingerprint density at radius 2 is 1.94 bits per heavy atom. The van der Waals surface area contributed by atoms with Crippen molar-refractivity contribution in [1.82, 2.24) is 5.32 Å². The zero-order chi connectivity index (χ0) is 13.2. The van der Waals surface area contributed by atoms with Crippen LogP contribution < -0.4 is 5.32 Å². The minimum absolute atomic E-state index is 0.0681. The van der Waals surface area contributed by atoms with Crippen LogP contribution in [0.1, 0.15) is 37.6 Å². The van der Waals surface area contributed by atoms with Gasteiger partial charge in [0.2, 0.25) is 0 Å². The van der Waals surface area contributed by atoms with E-state index in [1.807, 2.05) is 25.2 Å². The highest BCUT2D eigenvalue weighted by Crippen LogP contribution is 2.16. The average Bonchev–Trinajstić information content (AvgIpc) is 2.82. The third-order valence-corrected chi connectivity index (χ3v) is 3.73. The molecule has 0 fully saturated rings. The lowest BCUT2D eigenvalue weighted by Gasteiger charge is -2.16. The second-order valence-electron chi connectivity index (χ2n) is 4.03. The molecule has 1 N–H and O–H groups in total. The highest BCUT2D eigenvalue weighted by Gasteiger charge is 2.07. The van der Waals surface area contributed by atoms with E-state index in [1.165, 1.54) is 10.4 Å².